The van der Waals surface area contributed by atoms with E-state index in [-0.39, 0.29) is 5.91 Å². The number of carbonyl (C=O) groups is 1. The Balaban J connectivity index is 2.09. The van der Waals surface area contributed by atoms with Gasteiger partial charge in [0.05, 0.1) is 0 Å². The van der Waals surface area contributed by atoms with E-state index in [1.54, 1.807) is 0 Å². The molecular formula is C15H20N4OS. The monoisotopic (exact) mass is 304 g/mol. The van der Waals surface area contributed by atoms with Gasteiger partial charge in [-0.25, -0.2) is 0 Å². The second kappa shape index (κ2) is 7.17. The molecule has 6 heteroatoms. The van der Waals surface area contributed by atoms with Crippen molar-refractivity contribution >= 4 is 28.1 Å². The fraction of sp³-hybridized carbons (Fsp3) is 0.400. The maximum absolute atomic E-state index is 12.2. The van der Waals surface area contributed by atoms with Gasteiger partial charge >= 0.3 is 0 Å². The van der Waals surface area contributed by atoms with E-state index in [0.717, 1.165) is 24.2 Å². The van der Waals surface area contributed by atoms with Crippen LogP contribution in [0.1, 0.15) is 48.5 Å². The zero-order valence-corrected chi connectivity index (χ0v) is 13.3. The molecule has 5 nitrogen and oxygen atoms in total. The third kappa shape index (κ3) is 4.01. The van der Waals surface area contributed by atoms with Gasteiger partial charge in [0.25, 0.3) is 5.91 Å². The third-order valence-electron chi connectivity index (χ3n) is 2.98. The normalized spacial score (nSPS) is 10.7. The standard InChI is InChI=1S/C15H20N4OS/c1-4-9-16-15-19-18-14(21-15)13(20)17-12-8-6-5-7-11(12)10(2)3/h5-8,10H,4,9H2,1-3H3,(H,16,19)(H,17,20). The Labute approximate surface area is 128 Å². The van der Waals surface area contributed by atoms with Crippen LogP contribution < -0.4 is 10.6 Å². The number of amides is 1. The zero-order valence-electron chi connectivity index (χ0n) is 12.5. The topological polar surface area (TPSA) is 66.9 Å². The van der Waals surface area contributed by atoms with Crippen molar-refractivity contribution in [2.45, 2.75) is 33.1 Å². The fourth-order valence-electron chi connectivity index (χ4n) is 1.91. The first kappa shape index (κ1) is 15.4. The Bertz CT molecular complexity index is 609. The molecule has 0 saturated heterocycles. The van der Waals surface area contributed by atoms with E-state index in [9.17, 15) is 4.79 Å². The minimum atomic E-state index is -0.217. The summed E-state index contributed by atoms with van der Waals surface area (Å²) in [6.07, 6.45) is 1.00. The van der Waals surface area contributed by atoms with Crippen molar-refractivity contribution in [3.05, 3.63) is 34.8 Å². The summed E-state index contributed by atoms with van der Waals surface area (Å²) in [6.45, 7) is 7.10. The van der Waals surface area contributed by atoms with Gasteiger partial charge in [0.2, 0.25) is 10.1 Å². The van der Waals surface area contributed by atoms with E-state index in [2.05, 4.69) is 41.6 Å². The summed E-state index contributed by atoms with van der Waals surface area (Å²) in [6, 6.07) is 7.82. The van der Waals surface area contributed by atoms with Crippen molar-refractivity contribution < 1.29 is 4.79 Å². The van der Waals surface area contributed by atoms with Crippen molar-refractivity contribution in [2.75, 3.05) is 17.2 Å². The molecule has 0 spiro atoms. The van der Waals surface area contributed by atoms with Crippen molar-refractivity contribution in [2.24, 2.45) is 0 Å². The molecule has 0 aliphatic rings. The van der Waals surface area contributed by atoms with Gasteiger partial charge in [0.15, 0.2) is 0 Å². The Kier molecular flexibility index (Phi) is 5.27. The first-order chi connectivity index (χ1) is 10.1. The van der Waals surface area contributed by atoms with E-state index in [0.29, 0.717) is 16.1 Å². The highest BCUT2D eigenvalue weighted by Crippen LogP contribution is 2.25. The van der Waals surface area contributed by atoms with Crippen LogP contribution in [0.15, 0.2) is 24.3 Å². The van der Waals surface area contributed by atoms with Crippen LogP contribution in [0.5, 0.6) is 0 Å². The number of hydrogen-bond donors (Lipinski definition) is 2. The second-order valence-corrected chi connectivity index (χ2v) is 6.01. The number of hydrogen-bond acceptors (Lipinski definition) is 5. The lowest BCUT2D eigenvalue weighted by Crippen LogP contribution is -2.13. The number of nitrogens with one attached hydrogen (secondary N) is 2. The molecule has 2 N–H and O–H groups in total. The highest BCUT2D eigenvalue weighted by atomic mass is 32.1. The van der Waals surface area contributed by atoms with Crippen molar-refractivity contribution in [1.82, 2.24) is 10.2 Å². The summed E-state index contributed by atoms with van der Waals surface area (Å²) in [4.78, 5) is 12.2. The van der Waals surface area contributed by atoms with Gasteiger partial charge in [-0.2, -0.15) is 0 Å². The van der Waals surface area contributed by atoms with E-state index in [1.165, 1.54) is 11.3 Å². The van der Waals surface area contributed by atoms with Crippen LogP contribution in [-0.2, 0) is 0 Å². The van der Waals surface area contributed by atoms with Crippen molar-refractivity contribution in [3.63, 3.8) is 0 Å². The molecule has 21 heavy (non-hydrogen) atoms. The molecule has 1 aromatic heterocycles. The third-order valence-corrected chi connectivity index (χ3v) is 3.86. The molecule has 0 fully saturated rings. The lowest BCUT2D eigenvalue weighted by Gasteiger charge is -2.12. The molecule has 0 radical (unpaired) electrons. The lowest BCUT2D eigenvalue weighted by atomic mass is 10.0. The van der Waals surface area contributed by atoms with Crippen LogP contribution in [0.2, 0.25) is 0 Å². The van der Waals surface area contributed by atoms with Crippen LogP contribution in [0.3, 0.4) is 0 Å². The van der Waals surface area contributed by atoms with E-state index in [4.69, 9.17) is 0 Å². The number of para-hydroxylation sites is 1. The molecular weight excluding hydrogens is 284 g/mol. The summed E-state index contributed by atoms with van der Waals surface area (Å²) in [5, 5.41) is 15.0. The molecule has 0 bridgehead atoms. The van der Waals surface area contributed by atoms with Gasteiger partial charge in [-0.15, -0.1) is 10.2 Å². The summed E-state index contributed by atoms with van der Waals surface area (Å²) in [5.41, 5.74) is 1.94. The van der Waals surface area contributed by atoms with Crippen molar-refractivity contribution in [3.8, 4) is 0 Å². The number of carbonyl (C=O) groups excluding carboxylic acids is 1. The SMILES string of the molecule is CCCNc1nnc(C(=O)Nc2ccccc2C(C)C)s1. The average Bonchev–Trinajstić information content (AvgIpc) is 2.94. The van der Waals surface area contributed by atoms with E-state index >= 15 is 0 Å². The second-order valence-electron chi connectivity index (χ2n) is 5.04. The molecule has 2 aromatic rings. The predicted octanol–water partition coefficient (Wildman–Crippen LogP) is 3.74. The first-order valence-corrected chi connectivity index (χ1v) is 7.91. The highest BCUT2D eigenvalue weighted by molar-refractivity contribution is 7.17. The Morgan fingerprint density at radius 1 is 1.29 bits per heavy atom. The van der Waals surface area contributed by atoms with Gasteiger partial charge in [-0.3, -0.25) is 4.79 Å². The van der Waals surface area contributed by atoms with Gasteiger partial charge in [-0.05, 0) is 24.0 Å². The number of nitrogens with zero attached hydrogens (tertiary/aromatic N) is 2. The zero-order chi connectivity index (χ0) is 15.2. The maximum Gasteiger partial charge on any atom is 0.286 e. The largest absolute Gasteiger partial charge is 0.360 e. The van der Waals surface area contributed by atoms with Crippen molar-refractivity contribution in [1.29, 1.82) is 0 Å². The number of rotatable bonds is 6. The summed E-state index contributed by atoms with van der Waals surface area (Å²) in [7, 11) is 0. The Morgan fingerprint density at radius 2 is 2.05 bits per heavy atom. The van der Waals surface area contributed by atoms with Crippen LogP contribution in [0.25, 0.3) is 0 Å². The molecule has 1 aromatic carbocycles. The molecule has 0 aliphatic heterocycles. The summed E-state index contributed by atoms with van der Waals surface area (Å²) in [5.74, 6) is 0.128. The number of benzene rings is 1. The fourth-order valence-corrected chi connectivity index (χ4v) is 2.57. The molecule has 0 saturated carbocycles. The molecule has 112 valence electrons. The molecule has 0 aliphatic carbocycles. The summed E-state index contributed by atoms with van der Waals surface area (Å²) < 4.78 is 0. The van der Waals surface area contributed by atoms with Gasteiger partial charge in [0.1, 0.15) is 0 Å². The summed E-state index contributed by atoms with van der Waals surface area (Å²) >= 11 is 1.27. The first-order valence-electron chi connectivity index (χ1n) is 7.09. The van der Waals surface area contributed by atoms with Crippen LogP contribution >= 0.6 is 11.3 Å². The van der Waals surface area contributed by atoms with E-state index in [1.807, 2.05) is 24.3 Å². The number of aromatic nitrogens is 2. The number of anilines is 2. The quantitative estimate of drug-likeness (QED) is 0.853. The predicted molar refractivity (Wildman–Crippen MR) is 87.2 cm³/mol. The molecule has 1 amide bonds. The van der Waals surface area contributed by atoms with Gasteiger partial charge in [0, 0.05) is 12.2 Å². The minimum Gasteiger partial charge on any atom is -0.360 e. The van der Waals surface area contributed by atoms with Crippen LogP contribution in [-0.4, -0.2) is 22.6 Å². The van der Waals surface area contributed by atoms with Crippen LogP contribution in [0, 0.1) is 0 Å². The smallest absolute Gasteiger partial charge is 0.286 e. The molecule has 0 atom stereocenters. The average molecular weight is 304 g/mol. The van der Waals surface area contributed by atoms with Crippen LogP contribution in [0.4, 0.5) is 10.8 Å². The Hall–Kier alpha value is -1.95. The molecule has 0 unspecified atom stereocenters. The lowest BCUT2D eigenvalue weighted by molar-refractivity contribution is 0.102. The minimum absolute atomic E-state index is 0.217. The molecule has 2 rings (SSSR count). The molecule has 1 heterocycles. The Morgan fingerprint density at radius 3 is 2.76 bits per heavy atom. The van der Waals surface area contributed by atoms with Gasteiger partial charge < -0.3 is 10.6 Å². The van der Waals surface area contributed by atoms with Gasteiger partial charge in [-0.1, -0.05) is 50.3 Å². The van der Waals surface area contributed by atoms with E-state index < -0.39 is 0 Å². The highest BCUT2D eigenvalue weighted by Gasteiger charge is 2.15. The maximum atomic E-state index is 12.2.